The van der Waals surface area contributed by atoms with Gasteiger partial charge in [0.2, 0.25) is 11.8 Å². The molecule has 0 radical (unpaired) electrons. The van der Waals surface area contributed by atoms with E-state index in [1.807, 2.05) is 38.1 Å². The SMILES string of the molecule is Cc1nc(-c2cccc(NC(=O)C3CC(O)CN3)c2)oc1C.Cl. The highest BCUT2D eigenvalue weighted by Gasteiger charge is 2.28. The average Bonchev–Trinajstić information content (AvgIpc) is 3.06. The predicted octanol–water partition coefficient (Wildman–Crippen LogP) is 2.04. The highest BCUT2D eigenvalue weighted by atomic mass is 35.5. The smallest absolute Gasteiger partial charge is 0.241 e. The first kappa shape index (κ1) is 17.5. The summed E-state index contributed by atoms with van der Waals surface area (Å²) in [5.74, 6) is 1.18. The van der Waals surface area contributed by atoms with Gasteiger partial charge >= 0.3 is 0 Å². The van der Waals surface area contributed by atoms with Crippen LogP contribution in [0.2, 0.25) is 0 Å². The van der Waals surface area contributed by atoms with Crippen LogP contribution in [0.1, 0.15) is 17.9 Å². The Morgan fingerprint density at radius 2 is 2.22 bits per heavy atom. The van der Waals surface area contributed by atoms with Gasteiger partial charge in [0.05, 0.1) is 17.8 Å². The van der Waals surface area contributed by atoms with Gasteiger partial charge in [0.1, 0.15) is 5.76 Å². The third-order valence-electron chi connectivity index (χ3n) is 3.83. The van der Waals surface area contributed by atoms with Gasteiger partial charge in [-0.15, -0.1) is 12.4 Å². The normalized spacial score (nSPS) is 20.1. The molecule has 3 rings (SSSR count). The standard InChI is InChI=1S/C16H19N3O3.ClH/c1-9-10(2)22-16(18-9)11-4-3-5-12(6-11)19-15(21)14-7-13(20)8-17-14;/h3-6,13-14,17,20H,7-8H2,1-2H3,(H,19,21);1H. The molecule has 1 aromatic heterocycles. The molecule has 1 aliphatic rings. The molecule has 2 unspecified atom stereocenters. The van der Waals surface area contributed by atoms with Crippen molar-refractivity contribution in [3.8, 4) is 11.5 Å². The summed E-state index contributed by atoms with van der Waals surface area (Å²) in [7, 11) is 0. The Labute approximate surface area is 140 Å². The fourth-order valence-corrected chi connectivity index (χ4v) is 2.47. The highest BCUT2D eigenvalue weighted by molar-refractivity contribution is 5.95. The number of carbonyl (C=O) groups is 1. The predicted molar refractivity (Wildman–Crippen MR) is 89.7 cm³/mol. The molecular formula is C16H20ClN3O3. The van der Waals surface area contributed by atoms with Crippen LogP contribution < -0.4 is 10.6 Å². The lowest BCUT2D eigenvalue weighted by atomic mass is 10.1. The van der Waals surface area contributed by atoms with Crippen LogP contribution in [0.15, 0.2) is 28.7 Å². The summed E-state index contributed by atoms with van der Waals surface area (Å²) >= 11 is 0. The van der Waals surface area contributed by atoms with Crippen molar-refractivity contribution in [1.29, 1.82) is 0 Å². The van der Waals surface area contributed by atoms with Gasteiger partial charge in [-0.2, -0.15) is 0 Å². The number of nitrogens with zero attached hydrogens (tertiary/aromatic N) is 1. The lowest BCUT2D eigenvalue weighted by molar-refractivity contribution is -0.117. The van der Waals surface area contributed by atoms with E-state index in [9.17, 15) is 9.90 Å². The second-order valence-electron chi connectivity index (χ2n) is 5.58. The average molecular weight is 338 g/mol. The molecule has 1 aromatic carbocycles. The summed E-state index contributed by atoms with van der Waals surface area (Å²) < 4.78 is 5.60. The molecule has 7 heteroatoms. The fourth-order valence-electron chi connectivity index (χ4n) is 2.47. The summed E-state index contributed by atoms with van der Waals surface area (Å²) in [6.07, 6.45) is -0.0238. The largest absolute Gasteiger partial charge is 0.441 e. The summed E-state index contributed by atoms with van der Waals surface area (Å²) in [4.78, 5) is 16.5. The Hall–Kier alpha value is -1.89. The zero-order valence-corrected chi connectivity index (χ0v) is 13.8. The van der Waals surface area contributed by atoms with Crippen molar-refractivity contribution in [1.82, 2.24) is 10.3 Å². The molecule has 0 saturated carbocycles. The van der Waals surface area contributed by atoms with E-state index >= 15 is 0 Å². The van der Waals surface area contributed by atoms with E-state index in [0.29, 0.717) is 24.5 Å². The number of amides is 1. The Morgan fingerprint density at radius 3 is 2.83 bits per heavy atom. The van der Waals surface area contributed by atoms with Crippen LogP contribution in [0.25, 0.3) is 11.5 Å². The Balaban J connectivity index is 0.00000192. The molecule has 2 atom stereocenters. The van der Waals surface area contributed by atoms with Crippen LogP contribution in [0.4, 0.5) is 5.69 Å². The van der Waals surface area contributed by atoms with Crippen molar-refractivity contribution < 1.29 is 14.3 Å². The number of nitrogens with one attached hydrogen (secondary N) is 2. The number of aryl methyl sites for hydroxylation is 2. The number of rotatable bonds is 3. The molecule has 124 valence electrons. The number of anilines is 1. The van der Waals surface area contributed by atoms with Crippen LogP contribution in [-0.4, -0.2) is 34.7 Å². The first-order valence-electron chi connectivity index (χ1n) is 7.29. The fraction of sp³-hybridized carbons (Fsp3) is 0.375. The van der Waals surface area contributed by atoms with E-state index in [-0.39, 0.29) is 24.4 Å². The number of hydrogen-bond acceptors (Lipinski definition) is 5. The van der Waals surface area contributed by atoms with Crippen molar-refractivity contribution in [3.63, 3.8) is 0 Å². The molecule has 0 bridgehead atoms. The molecule has 6 nitrogen and oxygen atoms in total. The summed E-state index contributed by atoms with van der Waals surface area (Å²) in [5, 5.41) is 15.3. The Bertz CT molecular complexity index is 682. The molecule has 1 saturated heterocycles. The number of aliphatic hydroxyl groups is 1. The molecule has 2 heterocycles. The van der Waals surface area contributed by atoms with E-state index in [1.54, 1.807) is 0 Å². The van der Waals surface area contributed by atoms with Crippen molar-refractivity contribution in [2.45, 2.75) is 32.4 Å². The number of hydrogen-bond donors (Lipinski definition) is 3. The molecule has 3 N–H and O–H groups in total. The van der Waals surface area contributed by atoms with Crippen LogP contribution in [-0.2, 0) is 4.79 Å². The van der Waals surface area contributed by atoms with E-state index in [0.717, 1.165) is 17.0 Å². The maximum Gasteiger partial charge on any atom is 0.241 e. The monoisotopic (exact) mass is 337 g/mol. The van der Waals surface area contributed by atoms with E-state index in [2.05, 4.69) is 15.6 Å². The summed E-state index contributed by atoms with van der Waals surface area (Å²) in [6, 6.07) is 7.02. The number of halogens is 1. The van der Waals surface area contributed by atoms with Gasteiger partial charge in [-0.05, 0) is 38.5 Å². The molecule has 1 fully saturated rings. The second kappa shape index (κ2) is 7.12. The molecule has 1 aliphatic heterocycles. The topological polar surface area (TPSA) is 87.4 Å². The minimum Gasteiger partial charge on any atom is -0.441 e. The Morgan fingerprint density at radius 1 is 1.43 bits per heavy atom. The van der Waals surface area contributed by atoms with Crippen LogP contribution in [0.3, 0.4) is 0 Å². The second-order valence-corrected chi connectivity index (χ2v) is 5.58. The van der Waals surface area contributed by atoms with Crippen molar-refractivity contribution in [2.24, 2.45) is 0 Å². The number of oxazole rings is 1. The molecule has 1 amide bonds. The number of carbonyl (C=O) groups excluding carboxylic acids is 1. The maximum absolute atomic E-state index is 12.1. The van der Waals surface area contributed by atoms with Gasteiger partial charge in [-0.1, -0.05) is 6.07 Å². The number of benzene rings is 1. The summed E-state index contributed by atoms with van der Waals surface area (Å²) in [6.45, 7) is 4.21. The van der Waals surface area contributed by atoms with Crippen LogP contribution >= 0.6 is 12.4 Å². The number of aliphatic hydroxyl groups excluding tert-OH is 1. The van der Waals surface area contributed by atoms with E-state index < -0.39 is 6.10 Å². The first-order chi connectivity index (χ1) is 10.5. The van der Waals surface area contributed by atoms with Crippen molar-refractivity contribution >= 4 is 24.0 Å². The molecular weight excluding hydrogens is 318 g/mol. The summed E-state index contributed by atoms with van der Waals surface area (Å²) in [5.41, 5.74) is 2.35. The van der Waals surface area contributed by atoms with Gasteiger partial charge in [0, 0.05) is 17.8 Å². The first-order valence-corrected chi connectivity index (χ1v) is 7.29. The Kier molecular flexibility index (Phi) is 5.41. The zero-order chi connectivity index (χ0) is 15.7. The van der Waals surface area contributed by atoms with E-state index in [4.69, 9.17) is 4.42 Å². The van der Waals surface area contributed by atoms with Crippen LogP contribution in [0, 0.1) is 13.8 Å². The third-order valence-corrected chi connectivity index (χ3v) is 3.83. The van der Waals surface area contributed by atoms with Gasteiger partial charge < -0.3 is 20.2 Å². The van der Waals surface area contributed by atoms with Gasteiger partial charge in [0.15, 0.2) is 0 Å². The van der Waals surface area contributed by atoms with Gasteiger partial charge in [0.25, 0.3) is 0 Å². The molecule has 2 aromatic rings. The van der Waals surface area contributed by atoms with Gasteiger partial charge in [-0.25, -0.2) is 4.98 Å². The lowest BCUT2D eigenvalue weighted by Crippen LogP contribution is -2.35. The van der Waals surface area contributed by atoms with Crippen molar-refractivity contribution in [2.75, 3.05) is 11.9 Å². The molecule has 0 aliphatic carbocycles. The minimum absolute atomic E-state index is 0. The van der Waals surface area contributed by atoms with Crippen molar-refractivity contribution in [3.05, 3.63) is 35.7 Å². The third kappa shape index (κ3) is 3.90. The zero-order valence-electron chi connectivity index (χ0n) is 13.0. The lowest BCUT2D eigenvalue weighted by Gasteiger charge is -2.11. The quantitative estimate of drug-likeness (QED) is 0.797. The molecule has 0 spiro atoms. The minimum atomic E-state index is -0.458. The number of aromatic nitrogens is 1. The van der Waals surface area contributed by atoms with Crippen LogP contribution in [0.5, 0.6) is 0 Å². The highest BCUT2D eigenvalue weighted by Crippen LogP contribution is 2.24. The molecule has 23 heavy (non-hydrogen) atoms. The maximum atomic E-state index is 12.1. The van der Waals surface area contributed by atoms with E-state index in [1.165, 1.54) is 0 Å². The van der Waals surface area contributed by atoms with Gasteiger partial charge in [-0.3, -0.25) is 4.79 Å². The number of β-amino-alcohol motifs (C(OH)–C–C–N with tert-alkyl or cyclic N) is 1.